The zero-order valence-electron chi connectivity index (χ0n) is 5.71. The zero-order chi connectivity index (χ0) is 6.69. The topological polar surface area (TPSA) is 46.1 Å². The second-order valence-electron chi connectivity index (χ2n) is 2.51. The standard InChI is InChI=1S/C6H13NO2/c1-9-6-2-5(4-8)7-3-6/h5-8H,2-4H2,1H3/p+1/t5-,6-/m1/s1. The fourth-order valence-corrected chi connectivity index (χ4v) is 1.22. The molecular formula is C6H14NO2+. The van der Waals surface area contributed by atoms with Crippen LogP contribution in [0.5, 0.6) is 0 Å². The minimum absolute atomic E-state index is 0.278. The van der Waals surface area contributed by atoms with E-state index in [1.165, 1.54) is 0 Å². The lowest BCUT2D eigenvalue weighted by atomic mass is 10.2. The summed E-state index contributed by atoms with van der Waals surface area (Å²) in [6, 6.07) is 0.384. The molecule has 0 saturated carbocycles. The van der Waals surface area contributed by atoms with Crippen molar-refractivity contribution in [1.82, 2.24) is 0 Å². The Morgan fingerprint density at radius 2 is 2.56 bits per heavy atom. The minimum atomic E-state index is 0.278. The molecule has 0 aromatic carbocycles. The molecule has 0 aromatic rings. The molecule has 1 heterocycles. The highest BCUT2D eigenvalue weighted by molar-refractivity contribution is 4.67. The molecule has 3 nitrogen and oxygen atoms in total. The Balaban J connectivity index is 2.20. The molecule has 54 valence electrons. The largest absolute Gasteiger partial charge is 0.390 e. The van der Waals surface area contributed by atoms with Gasteiger partial charge in [-0.3, -0.25) is 0 Å². The van der Waals surface area contributed by atoms with Gasteiger partial charge in [0.1, 0.15) is 18.7 Å². The van der Waals surface area contributed by atoms with Gasteiger partial charge in [0.15, 0.2) is 0 Å². The summed E-state index contributed by atoms with van der Waals surface area (Å²) in [5, 5.41) is 10.8. The van der Waals surface area contributed by atoms with Crippen LogP contribution >= 0.6 is 0 Å². The van der Waals surface area contributed by atoms with Gasteiger partial charge in [-0.1, -0.05) is 0 Å². The Morgan fingerprint density at radius 1 is 1.78 bits per heavy atom. The van der Waals surface area contributed by atoms with Crippen LogP contribution in [-0.2, 0) is 4.74 Å². The first kappa shape index (κ1) is 6.99. The van der Waals surface area contributed by atoms with Crippen molar-refractivity contribution in [3.8, 4) is 0 Å². The normalized spacial score (nSPS) is 35.3. The van der Waals surface area contributed by atoms with Crippen molar-refractivity contribution in [2.45, 2.75) is 18.6 Å². The second-order valence-corrected chi connectivity index (χ2v) is 2.51. The summed E-state index contributed by atoms with van der Waals surface area (Å²) < 4.78 is 5.10. The third-order valence-electron chi connectivity index (χ3n) is 1.87. The number of methoxy groups -OCH3 is 1. The Hall–Kier alpha value is -0.120. The lowest BCUT2D eigenvalue weighted by molar-refractivity contribution is -0.673. The van der Waals surface area contributed by atoms with Gasteiger partial charge in [0.05, 0.1) is 6.61 Å². The Morgan fingerprint density at radius 3 is 2.89 bits per heavy atom. The van der Waals surface area contributed by atoms with E-state index in [9.17, 15) is 0 Å². The van der Waals surface area contributed by atoms with Crippen LogP contribution in [0.25, 0.3) is 0 Å². The quantitative estimate of drug-likeness (QED) is 0.472. The minimum Gasteiger partial charge on any atom is -0.390 e. The van der Waals surface area contributed by atoms with Crippen LogP contribution in [0, 0.1) is 0 Å². The van der Waals surface area contributed by atoms with Crippen LogP contribution < -0.4 is 5.32 Å². The summed E-state index contributed by atoms with van der Waals surface area (Å²) >= 11 is 0. The SMILES string of the molecule is CO[C@H]1C[NH2+][C@@H](CO)C1. The van der Waals surface area contributed by atoms with Crippen LogP contribution in [-0.4, -0.2) is 37.5 Å². The third-order valence-corrected chi connectivity index (χ3v) is 1.87. The van der Waals surface area contributed by atoms with Crippen molar-refractivity contribution in [2.75, 3.05) is 20.3 Å². The Kier molecular flexibility index (Phi) is 2.45. The average molecular weight is 132 g/mol. The van der Waals surface area contributed by atoms with Crippen molar-refractivity contribution < 1.29 is 15.2 Å². The highest BCUT2D eigenvalue weighted by atomic mass is 16.5. The molecule has 1 aliphatic heterocycles. The number of aliphatic hydroxyl groups excluding tert-OH is 1. The fraction of sp³-hybridized carbons (Fsp3) is 1.00. The van der Waals surface area contributed by atoms with Crippen LogP contribution in [0.4, 0.5) is 0 Å². The lowest BCUT2D eigenvalue weighted by Gasteiger charge is -2.00. The van der Waals surface area contributed by atoms with E-state index in [2.05, 4.69) is 5.32 Å². The number of aliphatic hydroxyl groups is 1. The number of quaternary nitrogens is 1. The van der Waals surface area contributed by atoms with Gasteiger partial charge in [-0.2, -0.15) is 0 Å². The Bertz CT molecular complexity index is 77.1. The zero-order valence-corrected chi connectivity index (χ0v) is 5.71. The average Bonchev–Trinajstić information content (AvgIpc) is 2.34. The van der Waals surface area contributed by atoms with Gasteiger partial charge in [-0.15, -0.1) is 0 Å². The van der Waals surface area contributed by atoms with Crippen molar-refractivity contribution in [1.29, 1.82) is 0 Å². The lowest BCUT2D eigenvalue weighted by Crippen LogP contribution is -2.88. The summed E-state index contributed by atoms with van der Waals surface area (Å²) in [4.78, 5) is 0. The van der Waals surface area contributed by atoms with E-state index >= 15 is 0 Å². The van der Waals surface area contributed by atoms with E-state index in [-0.39, 0.29) is 6.61 Å². The first-order chi connectivity index (χ1) is 4.36. The van der Waals surface area contributed by atoms with E-state index in [4.69, 9.17) is 9.84 Å². The fourth-order valence-electron chi connectivity index (χ4n) is 1.22. The molecule has 1 aliphatic rings. The maximum Gasteiger partial charge on any atom is 0.112 e. The van der Waals surface area contributed by atoms with Gasteiger partial charge in [-0.25, -0.2) is 0 Å². The van der Waals surface area contributed by atoms with E-state index in [0.29, 0.717) is 12.1 Å². The van der Waals surface area contributed by atoms with E-state index in [1.807, 2.05) is 0 Å². The smallest absolute Gasteiger partial charge is 0.112 e. The molecule has 1 rings (SSSR count). The van der Waals surface area contributed by atoms with Gasteiger partial charge in [0.25, 0.3) is 0 Å². The molecule has 2 atom stereocenters. The third kappa shape index (κ3) is 1.64. The number of hydrogen-bond donors (Lipinski definition) is 2. The van der Waals surface area contributed by atoms with Crippen LogP contribution in [0.15, 0.2) is 0 Å². The molecular weight excluding hydrogens is 118 g/mol. The molecule has 0 spiro atoms. The van der Waals surface area contributed by atoms with Crippen molar-refractivity contribution in [3.05, 3.63) is 0 Å². The molecule has 1 fully saturated rings. The predicted octanol–water partition coefficient (Wildman–Crippen LogP) is -1.67. The summed E-state index contributed by atoms with van der Waals surface area (Å²) in [6.07, 6.45) is 1.36. The first-order valence-corrected chi connectivity index (χ1v) is 3.33. The van der Waals surface area contributed by atoms with Gasteiger partial charge in [0, 0.05) is 13.5 Å². The number of ether oxygens (including phenoxy) is 1. The van der Waals surface area contributed by atoms with Crippen LogP contribution in [0.2, 0.25) is 0 Å². The van der Waals surface area contributed by atoms with Gasteiger partial charge >= 0.3 is 0 Å². The molecule has 0 radical (unpaired) electrons. The summed E-state index contributed by atoms with van der Waals surface area (Å²) in [5.74, 6) is 0. The van der Waals surface area contributed by atoms with Crippen molar-refractivity contribution in [2.24, 2.45) is 0 Å². The first-order valence-electron chi connectivity index (χ1n) is 3.33. The van der Waals surface area contributed by atoms with Crippen molar-refractivity contribution in [3.63, 3.8) is 0 Å². The molecule has 0 unspecified atom stereocenters. The second kappa shape index (κ2) is 3.15. The highest BCUT2D eigenvalue weighted by Crippen LogP contribution is 2.01. The molecule has 3 N–H and O–H groups in total. The number of nitrogens with two attached hydrogens (primary N) is 1. The molecule has 0 amide bonds. The predicted molar refractivity (Wildman–Crippen MR) is 33.1 cm³/mol. The van der Waals surface area contributed by atoms with Gasteiger partial charge in [0.2, 0.25) is 0 Å². The van der Waals surface area contributed by atoms with Crippen LogP contribution in [0.1, 0.15) is 6.42 Å². The van der Waals surface area contributed by atoms with Gasteiger partial charge < -0.3 is 15.2 Å². The van der Waals surface area contributed by atoms with E-state index < -0.39 is 0 Å². The van der Waals surface area contributed by atoms with E-state index in [0.717, 1.165) is 13.0 Å². The summed E-state index contributed by atoms with van der Waals surface area (Å²) in [6.45, 7) is 1.28. The van der Waals surface area contributed by atoms with Crippen molar-refractivity contribution >= 4 is 0 Å². The van der Waals surface area contributed by atoms with Crippen LogP contribution in [0.3, 0.4) is 0 Å². The highest BCUT2D eigenvalue weighted by Gasteiger charge is 2.26. The summed E-state index contributed by atoms with van der Waals surface area (Å²) in [7, 11) is 1.72. The molecule has 3 heteroatoms. The molecule has 0 aromatic heterocycles. The molecule has 0 aliphatic carbocycles. The summed E-state index contributed by atoms with van der Waals surface area (Å²) in [5.41, 5.74) is 0. The molecule has 9 heavy (non-hydrogen) atoms. The number of rotatable bonds is 2. The maximum atomic E-state index is 8.69. The monoisotopic (exact) mass is 132 g/mol. The Labute approximate surface area is 55.0 Å². The molecule has 1 saturated heterocycles. The molecule has 0 bridgehead atoms. The number of hydrogen-bond acceptors (Lipinski definition) is 2. The van der Waals surface area contributed by atoms with E-state index in [1.54, 1.807) is 7.11 Å². The maximum absolute atomic E-state index is 8.69. The van der Waals surface area contributed by atoms with Gasteiger partial charge in [-0.05, 0) is 0 Å².